The van der Waals surface area contributed by atoms with Gasteiger partial charge in [-0.3, -0.25) is 5.32 Å². The summed E-state index contributed by atoms with van der Waals surface area (Å²) in [7, 11) is 0. The van der Waals surface area contributed by atoms with Gasteiger partial charge in [0.2, 0.25) is 5.92 Å². The van der Waals surface area contributed by atoms with Crippen molar-refractivity contribution in [1.82, 2.24) is 9.78 Å². The molecule has 27 heavy (non-hydrogen) atoms. The van der Waals surface area contributed by atoms with Crippen LogP contribution in [0.2, 0.25) is 0 Å². The van der Waals surface area contributed by atoms with Crippen LogP contribution in [0.4, 0.5) is 41.3 Å². The van der Waals surface area contributed by atoms with Gasteiger partial charge in [0, 0.05) is 37.2 Å². The molecule has 0 radical (unpaired) electrons. The number of nitrogens with zero attached hydrogens (tertiary/aromatic N) is 2. The minimum Gasteiger partial charge on any atom is -0.445 e. The van der Waals surface area contributed by atoms with E-state index in [2.05, 4.69) is 10.4 Å². The van der Waals surface area contributed by atoms with Gasteiger partial charge >= 0.3 is 12.3 Å². The smallest absolute Gasteiger partial charge is 0.413 e. The fourth-order valence-electron chi connectivity index (χ4n) is 3.22. The van der Waals surface area contributed by atoms with E-state index in [1.54, 1.807) is 0 Å². The zero-order chi connectivity index (χ0) is 20.2. The van der Waals surface area contributed by atoms with E-state index in [0.717, 1.165) is 0 Å². The number of aromatic nitrogens is 2. The maximum Gasteiger partial charge on any atom is 0.413 e. The Kier molecular flexibility index (Phi) is 4.58. The van der Waals surface area contributed by atoms with E-state index in [-0.39, 0.29) is 17.1 Å². The van der Waals surface area contributed by atoms with Crippen LogP contribution in [0.1, 0.15) is 42.9 Å². The topological polar surface area (TPSA) is 56.2 Å². The van der Waals surface area contributed by atoms with Gasteiger partial charge in [-0.25, -0.2) is 27.0 Å². The second-order valence-electron chi connectivity index (χ2n) is 7.01. The number of alkyl halides is 7. The first-order valence-electron chi connectivity index (χ1n) is 8.12. The first kappa shape index (κ1) is 19.7. The zero-order valence-corrected chi connectivity index (χ0v) is 14.0. The van der Waals surface area contributed by atoms with Crippen LogP contribution in [0, 0.1) is 6.92 Å². The van der Waals surface area contributed by atoms with Crippen LogP contribution in [-0.4, -0.2) is 40.0 Å². The third kappa shape index (κ3) is 4.46. The molecule has 3 rings (SSSR count). The molecule has 0 aliphatic heterocycles. The molecule has 1 heterocycles. The highest BCUT2D eigenvalue weighted by molar-refractivity contribution is 5.84. The number of halogens is 7. The van der Waals surface area contributed by atoms with Crippen LogP contribution >= 0.6 is 0 Å². The third-order valence-electron chi connectivity index (χ3n) is 4.58. The van der Waals surface area contributed by atoms with Crippen molar-refractivity contribution in [3.8, 4) is 0 Å². The standard InChI is InChI=1S/C15H16F7N3O2/c1-7-10(8-2-13(16,17)3-8)24-25(6-15(20,21)22)11(7)23-12(26)27-9-4-14(18,19)5-9/h8-9H,2-6H2,1H3,(H,23,26). The monoisotopic (exact) mass is 403 g/mol. The summed E-state index contributed by atoms with van der Waals surface area (Å²) in [5, 5.41) is 5.82. The van der Waals surface area contributed by atoms with Crippen molar-refractivity contribution in [1.29, 1.82) is 0 Å². The van der Waals surface area contributed by atoms with Crippen molar-refractivity contribution in [2.24, 2.45) is 0 Å². The molecule has 0 atom stereocenters. The molecule has 2 fully saturated rings. The number of anilines is 1. The number of carbonyl (C=O) groups is 1. The van der Waals surface area contributed by atoms with Crippen LogP contribution < -0.4 is 5.32 Å². The van der Waals surface area contributed by atoms with Crippen LogP contribution in [-0.2, 0) is 11.3 Å². The molecule has 1 amide bonds. The minimum absolute atomic E-state index is 0.0376. The molecule has 0 spiro atoms. The molecule has 0 bridgehead atoms. The number of nitrogens with one attached hydrogen (secondary N) is 1. The number of amides is 1. The minimum atomic E-state index is -4.67. The van der Waals surface area contributed by atoms with Crippen molar-refractivity contribution in [2.45, 2.75) is 69.2 Å². The highest BCUT2D eigenvalue weighted by Crippen LogP contribution is 2.49. The first-order valence-corrected chi connectivity index (χ1v) is 8.12. The maximum absolute atomic E-state index is 13.1. The summed E-state index contributed by atoms with van der Waals surface area (Å²) in [4.78, 5) is 11.8. The Morgan fingerprint density at radius 1 is 1.19 bits per heavy atom. The lowest BCUT2D eigenvalue weighted by Gasteiger charge is -2.34. The third-order valence-corrected chi connectivity index (χ3v) is 4.58. The molecule has 1 aromatic rings. The lowest BCUT2D eigenvalue weighted by Crippen LogP contribution is -2.43. The summed E-state index contributed by atoms with van der Waals surface area (Å²) in [6, 6.07) is 0. The van der Waals surface area contributed by atoms with Crippen LogP contribution in [0.3, 0.4) is 0 Å². The van der Waals surface area contributed by atoms with Gasteiger partial charge in [0.25, 0.3) is 5.92 Å². The normalized spacial score (nSPS) is 22.1. The summed E-state index contributed by atoms with van der Waals surface area (Å²) >= 11 is 0. The Morgan fingerprint density at radius 2 is 1.74 bits per heavy atom. The van der Waals surface area contributed by atoms with Crippen LogP contribution in [0.25, 0.3) is 0 Å². The molecule has 5 nitrogen and oxygen atoms in total. The van der Waals surface area contributed by atoms with E-state index in [1.165, 1.54) is 6.92 Å². The number of carbonyl (C=O) groups excluding carboxylic acids is 1. The quantitative estimate of drug-likeness (QED) is 0.747. The van der Waals surface area contributed by atoms with Gasteiger partial charge in [0.1, 0.15) is 18.5 Å². The summed E-state index contributed by atoms with van der Waals surface area (Å²) in [6.07, 6.45) is -9.32. The fourth-order valence-corrected chi connectivity index (χ4v) is 3.22. The SMILES string of the molecule is Cc1c(C2CC(F)(F)C2)nn(CC(F)(F)F)c1NC(=O)OC1CC(F)(F)C1. The molecule has 152 valence electrons. The number of rotatable bonds is 4. The number of hydrogen-bond acceptors (Lipinski definition) is 3. The summed E-state index contributed by atoms with van der Waals surface area (Å²) in [5.41, 5.74) is 0.145. The Bertz CT molecular complexity index is 729. The molecule has 2 aliphatic carbocycles. The van der Waals surface area contributed by atoms with Crippen molar-refractivity contribution in [3.63, 3.8) is 0 Å². The van der Waals surface area contributed by atoms with E-state index >= 15 is 0 Å². The van der Waals surface area contributed by atoms with Crippen LogP contribution in [0.5, 0.6) is 0 Å². The van der Waals surface area contributed by atoms with Gasteiger partial charge in [-0.1, -0.05) is 0 Å². The summed E-state index contributed by atoms with van der Waals surface area (Å²) in [6.45, 7) is -0.202. The van der Waals surface area contributed by atoms with E-state index in [4.69, 9.17) is 4.74 Å². The lowest BCUT2D eigenvalue weighted by atomic mass is 9.78. The largest absolute Gasteiger partial charge is 0.445 e. The first-order chi connectivity index (χ1) is 12.2. The molecule has 0 saturated heterocycles. The second-order valence-corrected chi connectivity index (χ2v) is 7.01. The highest BCUT2D eigenvalue weighted by atomic mass is 19.4. The molecule has 0 aromatic carbocycles. The second kappa shape index (κ2) is 6.26. The van der Waals surface area contributed by atoms with Gasteiger partial charge in [-0.2, -0.15) is 18.3 Å². The molecule has 0 unspecified atom stereocenters. The van der Waals surface area contributed by atoms with Crippen molar-refractivity contribution >= 4 is 11.9 Å². The van der Waals surface area contributed by atoms with Gasteiger partial charge in [0.15, 0.2) is 0 Å². The van der Waals surface area contributed by atoms with Gasteiger partial charge in [-0.05, 0) is 6.92 Å². The van der Waals surface area contributed by atoms with Gasteiger partial charge in [-0.15, -0.1) is 0 Å². The zero-order valence-electron chi connectivity index (χ0n) is 14.0. The van der Waals surface area contributed by atoms with Crippen molar-refractivity contribution in [2.75, 3.05) is 5.32 Å². The molecule has 12 heteroatoms. The van der Waals surface area contributed by atoms with E-state index in [0.29, 0.717) is 4.68 Å². The molecular formula is C15H16F7N3O2. The molecule has 1 N–H and O–H groups in total. The maximum atomic E-state index is 13.1. The Hall–Kier alpha value is -2.01. The molecule has 1 aromatic heterocycles. The lowest BCUT2D eigenvalue weighted by molar-refractivity contribution is -0.144. The van der Waals surface area contributed by atoms with Gasteiger partial charge in [0.05, 0.1) is 5.69 Å². The number of hydrogen-bond donors (Lipinski definition) is 1. The van der Waals surface area contributed by atoms with Gasteiger partial charge < -0.3 is 4.74 Å². The average Bonchev–Trinajstić information content (AvgIpc) is 2.69. The number of ether oxygens (including phenoxy) is 1. The Labute approximate surface area is 148 Å². The molecule has 2 aliphatic rings. The predicted molar refractivity (Wildman–Crippen MR) is 78.0 cm³/mol. The van der Waals surface area contributed by atoms with Crippen molar-refractivity contribution in [3.05, 3.63) is 11.3 Å². The summed E-state index contributed by atoms with van der Waals surface area (Å²) < 4.78 is 95.2. The summed E-state index contributed by atoms with van der Waals surface area (Å²) in [5.74, 6) is -6.90. The highest BCUT2D eigenvalue weighted by Gasteiger charge is 2.49. The van der Waals surface area contributed by atoms with E-state index in [9.17, 15) is 35.5 Å². The Morgan fingerprint density at radius 3 is 2.22 bits per heavy atom. The van der Waals surface area contributed by atoms with E-state index < -0.39 is 68.4 Å². The average molecular weight is 403 g/mol. The van der Waals surface area contributed by atoms with Crippen LogP contribution in [0.15, 0.2) is 0 Å². The molecule has 2 saturated carbocycles. The predicted octanol–water partition coefficient (Wildman–Crippen LogP) is 4.61. The fraction of sp³-hybridized carbons (Fsp3) is 0.733. The van der Waals surface area contributed by atoms with Crippen molar-refractivity contribution < 1.29 is 40.3 Å². The van der Waals surface area contributed by atoms with E-state index in [1.807, 2.05) is 0 Å². The Balaban J connectivity index is 1.75. The molecular weight excluding hydrogens is 387 g/mol.